The monoisotopic (exact) mass is 479 g/mol. The number of anilines is 3. The number of halogens is 2. The summed E-state index contributed by atoms with van der Waals surface area (Å²) in [6.07, 6.45) is 3.22. The van der Waals surface area contributed by atoms with Gasteiger partial charge < -0.3 is 19.7 Å². The van der Waals surface area contributed by atoms with E-state index in [9.17, 15) is 14.0 Å². The molecule has 0 bridgehead atoms. The van der Waals surface area contributed by atoms with Crippen molar-refractivity contribution < 1.29 is 23.5 Å². The number of benzene rings is 1. The molecule has 0 atom stereocenters. The van der Waals surface area contributed by atoms with Gasteiger partial charge in [-0.3, -0.25) is 14.5 Å². The molecule has 1 aromatic heterocycles. The molecule has 9 nitrogen and oxygen atoms in total. The number of esters is 2. The van der Waals surface area contributed by atoms with Gasteiger partial charge >= 0.3 is 11.9 Å². The Morgan fingerprint density at radius 2 is 1.82 bits per heavy atom. The molecule has 0 amide bonds. The van der Waals surface area contributed by atoms with E-state index in [1.54, 1.807) is 11.0 Å². The molecule has 0 spiro atoms. The normalized spacial score (nSPS) is 14.3. The topological polar surface area (TPSA) is 96.9 Å². The summed E-state index contributed by atoms with van der Waals surface area (Å²) >= 11 is 5.84. The molecule has 0 saturated carbocycles. The van der Waals surface area contributed by atoms with Crippen molar-refractivity contribution in [3.8, 4) is 0 Å². The first-order valence-corrected chi connectivity index (χ1v) is 10.9. The lowest BCUT2D eigenvalue weighted by Crippen LogP contribution is -2.42. The lowest BCUT2D eigenvalue weighted by Gasteiger charge is -2.35. The van der Waals surface area contributed by atoms with Gasteiger partial charge in [0, 0.05) is 31.4 Å². The molecule has 11 heteroatoms. The van der Waals surface area contributed by atoms with Crippen LogP contribution in [0, 0.1) is 11.7 Å². The SMILES string of the molecule is COC(=O)CN(CC(=O)OC)CC1CCN(c2cc(Nc3ccc(F)c(Cl)c3)ncn2)CC1. The molecule has 1 aliphatic rings. The highest BCUT2D eigenvalue weighted by molar-refractivity contribution is 6.31. The van der Waals surface area contributed by atoms with E-state index in [0.717, 1.165) is 31.7 Å². The Kier molecular flexibility index (Phi) is 8.79. The highest BCUT2D eigenvalue weighted by Gasteiger charge is 2.25. The van der Waals surface area contributed by atoms with Crippen molar-refractivity contribution in [3.05, 3.63) is 41.4 Å². The summed E-state index contributed by atoms with van der Waals surface area (Å²) in [5, 5.41) is 3.14. The molecule has 3 rings (SSSR count). The lowest BCUT2D eigenvalue weighted by molar-refractivity contribution is -0.145. The summed E-state index contributed by atoms with van der Waals surface area (Å²) in [6.45, 7) is 2.22. The number of aromatic nitrogens is 2. The molecule has 1 saturated heterocycles. The Morgan fingerprint density at radius 3 is 2.42 bits per heavy atom. The van der Waals surface area contributed by atoms with Gasteiger partial charge in [0.05, 0.1) is 32.3 Å². The van der Waals surface area contributed by atoms with Crippen molar-refractivity contribution in [1.82, 2.24) is 14.9 Å². The molecule has 0 aliphatic carbocycles. The van der Waals surface area contributed by atoms with Crippen LogP contribution < -0.4 is 10.2 Å². The van der Waals surface area contributed by atoms with Crippen LogP contribution in [0.3, 0.4) is 0 Å². The number of rotatable bonds is 9. The first kappa shape index (κ1) is 24.7. The highest BCUT2D eigenvalue weighted by Crippen LogP contribution is 2.26. The highest BCUT2D eigenvalue weighted by atomic mass is 35.5. The van der Waals surface area contributed by atoms with Gasteiger partial charge in [0.15, 0.2) is 0 Å². The molecule has 1 fully saturated rings. The summed E-state index contributed by atoms with van der Waals surface area (Å²) in [4.78, 5) is 35.9. The smallest absolute Gasteiger partial charge is 0.319 e. The molecule has 0 unspecified atom stereocenters. The standard InChI is InChI=1S/C22H27ClFN5O4/c1-32-21(30)12-28(13-22(31)33-2)11-15-5-7-29(8-6-15)20-10-19(25-14-26-20)27-16-3-4-18(24)17(23)9-16/h3-4,9-10,14-15H,5-8,11-13H2,1-2H3,(H,25,26,27). The van der Waals surface area contributed by atoms with Crippen LogP contribution in [0.25, 0.3) is 0 Å². The number of nitrogens with one attached hydrogen (secondary N) is 1. The fraction of sp³-hybridized carbons (Fsp3) is 0.455. The van der Waals surface area contributed by atoms with Crippen LogP contribution in [0.1, 0.15) is 12.8 Å². The fourth-order valence-corrected chi connectivity index (χ4v) is 3.88. The number of piperidine rings is 1. The number of hydrogen-bond acceptors (Lipinski definition) is 9. The van der Waals surface area contributed by atoms with Gasteiger partial charge in [-0.25, -0.2) is 14.4 Å². The zero-order chi connectivity index (χ0) is 23.8. The minimum atomic E-state index is -0.481. The number of ether oxygens (including phenoxy) is 2. The number of carbonyl (C=O) groups excluding carboxylic acids is 2. The molecule has 1 N–H and O–H groups in total. The predicted octanol–water partition coefficient (Wildman–Crippen LogP) is 2.88. The van der Waals surface area contributed by atoms with E-state index in [1.807, 2.05) is 6.07 Å². The maximum Gasteiger partial charge on any atom is 0.319 e. The zero-order valence-electron chi connectivity index (χ0n) is 18.6. The van der Waals surface area contributed by atoms with E-state index in [-0.39, 0.29) is 30.1 Å². The molecule has 178 valence electrons. The average Bonchev–Trinajstić information content (AvgIpc) is 2.82. The van der Waals surface area contributed by atoms with Crippen molar-refractivity contribution in [2.45, 2.75) is 12.8 Å². The molecule has 1 aliphatic heterocycles. The van der Waals surface area contributed by atoms with Gasteiger partial charge in [0.1, 0.15) is 23.8 Å². The summed E-state index contributed by atoms with van der Waals surface area (Å²) in [7, 11) is 2.65. The van der Waals surface area contributed by atoms with Gasteiger partial charge in [-0.2, -0.15) is 0 Å². The maximum atomic E-state index is 13.4. The second-order valence-electron chi connectivity index (χ2n) is 7.77. The van der Waals surface area contributed by atoms with Gasteiger partial charge in [0.2, 0.25) is 0 Å². The van der Waals surface area contributed by atoms with Crippen molar-refractivity contribution >= 4 is 40.9 Å². The molecular weight excluding hydrogens is 453 g/mol. The summed E-state index contributed by atoms with van der Waals surface area (Å²) in [5.41, 5.74) is 0.626. The second kappa shape index (κ2) is 11.8. The van der Waals surface area contributed by atoms with Gasteiger partial charge in [-0.05, 0) is 37.0 Å². The molecule has 1 aromatic carbocycles. The van der Waals surface area contributed by atoms with E-state index >= 15 is 0 Å². The number of hydrogen-bond donors (Lipinski definition) is 1. The summed E-state index contributed by atoms with van der Waals surface area (Å²) < 4.78 is 22.9. The quantitative estimate of drug-likeness (QED) is 0.544. The minimum absolute atomic E-state index is 0.0322. The molecule has 0 radical (unpaired) electrons. The van der Waals surface area contributed by atoms with Crippen molar-refractivity contribution in [2.24, 2.45) is 5.92 Å². The van der Waals surface area contributed by atoms with Crippen molar-refractivity contribution in [3.63, 3.8) is 0 Å². The Hall–Kier alpha value is -2.98. The third-order valence-electron chi connectivity index (χ3n) is 5.46. The Balaban J connectivity index is 1.57. The lowest BCUT2D eigenvalue weighted by atomic mass is 9.96. The largest absolute Gasteiger partial charge is 0.468 e. The average molecular weight is 480 g/mol. The van der Waals surface area contributed by atoms with E-state index in [2.05, 4.69) is 20.2 Å². The maximum absolute atomic E-state index is 13.4. The summed E-state index contributed by atoms with van der Waals surface area (Å²) in [6, 6.07) is 6.21. The van der Waals surface area contributed by atoms with Crippen molar-refractivity contribution in [1.29, 1.82) is 0 Å². The fourth-order valence-electron chi connectivity index (χ4n) is 3.70. The third kappa shape index (κ3) is 7.26. The summed E-state index contributed by atoms with van der Waals surface area (Å²) in [5.74, 6) is 0.411. The minimum Gasteiger partial charge on any atom is -0.468 e. The predicted molar refractivity (Wildman–Crippen MR) is 122 cm³/mol. The molecule has 2 aromatic rings. The van der Waals surface area contributed by atoms with Crippen LogP contribution in [-0.2, 0) is 19.1 Å². The first-order valence-electron chi connectivity index (χ1n) is 10.5. The van der Waals surface area contributed by atoms with Gasteiger partial charge in [-0.15, -0.1) is 0 Å². The zero-order valence-corrected chi connectivity index (χ0v) is 19.3. The Morgan fingerprint density at radius 1 is 1.15 bits per heavy atom. The Labute approximate surface area is 196 Å². The van der Waals surface area contributed by atoms with Crippen molar-refractivity contribution in [2.75, 3.05) is 57.2 Å². The second-order valence-corrected chi connectivity index (χ2v) is 8.17. The van der Waals surface area contributed by atoms with Crippen LogP contribution in [0.2, 0.25) is 5.02 Å². The van der Waals surface area contributed by atoms with E-state index in [1.165, 1.54) is 32.7 Å². The van der Waals surface area contributed by atoms with Gasteiger partial charge in [0.25, 0.3) is 0 Å². The number of methoxy groups -OCH3 is 2. The number of nitrogens with zero attached hydrogens (tertiary/aromatic N) is 4. The third-order valence-corrected chi connectivity index (χ3v) is 5.75. The van der Waals surface area contributed by atoms with E-state index in [0.29, 0.717) is 24.0 Å². The van der Waals surface area contributed by atoms with E-state index < -0.39 is 5.82 Å². The molecule has 33 heavy (non-hydrogen) atoms. The van der Waals surface area contributed by atoms with E-state index in [4.69, 9.17) is 21.1 Å². The van der Waals surface area contributed by atoms with Crippen LogP contribution in [0.5, 0.6) is 0 Å². The van der Waals surface area contributed by atoms with Crippen LogP contribution in [0.15, 0.2) is 30.6 Å². The number of carbonyl (C=O) groups is 2. The Bertz CT molecular complexity index is 954. The first-order chi connectivity index (χ1) is 15.9. The van der Waals surface area contributed by atoms with Gasteiger partial charge in [-0.1, -0.05) is 11.6 Å². The van der Waals surface area contributed by atoms with Crippen LogP contribution >= 0.6 is 11.6 Å². The van der Waals surface area contributed by atoms with Crippen LogP contribution in [-0.4, -0.2) is 73.7 Å². The van der Waals surface area contributed by atoms with Crippen LogP contribution in [0.4, 0.5) is 21.7 Å². The molecule has 2 heterocycles. The molecular formula is C22H27ClFN5O4.